The van der Waals surface area contributed by atoms with Crippen LogP contribution >= 0.6 is 11.6 Å². The number of piperidine rings is 1. The van der Waals surface area contributed by atoms with Crippen molar-refractivity contribution < 1.29 is 14.0 Å². The molecule has 0 aliphatic carbocycles. The van der Waals surface area contributed by atoms with E-state index in [1.54, 1.807) is 0 Å². The Hall–Kier alpha value is -1.42. The second-order valence-electron chi connectivity index (χ2n) is 3.71. The van der Waals surface area contributed by atoms with Gasteiger partial charge < -0.3 is 5.32 Å². The van der Waals surface area contributed by atoms with Crippen molar-refractivity contribution in [2.24, 2.45) is 0 Å². The van der Waals surface area contributed by atoms with Crippen molar-refractivity contribution >= 4 is 23.3 Å². The van der Waals surface area contributed by atoms with Crippen molar-refractivity contribution in [1.29, 1.82) is 0 Å². The van der Waals surface area contributed by atoms with E-state index in [-0.39, 0.29) is 24.5 Å². The number of carbonyl (C=O) groups is 2. The maximum absolute atomic E-state index is 13.0. The summed E-state index contributed by atoms with van der Waals surface area (Å²) in [5.74, 6) is -0.942. The van der Waals surface area contributed by atoms with Gasteiger partial charge in [0, 0.05) is 11.4 Å². The molecule has 16 heavy (non-hydrogen) atoms. The zero-order chi connectivity index (χ0) is 11.7. The molecule has 1 heterocycles. The number of carbonyl (C=O) groups excluding carboxylic acids is 2. The van der Waals surface area contributed by atoms with Crippen LogP contribution in [0, 0.1) is 5.82 Å². The van der Waals surface area contributed by atoms with E-state index in [0.29, 0.717) is 10.6 Å². The smallest absolute Gasteiger partial charge is 0.227 e. The Morgan fingerprint density at radius 1 is 1.38 bits per heavy atom. The topological polar surface area (TPSA) is 46.2 Å². The number of amides is 1. The van der Waals surface area contributed by atoms with Crippen LogP contribution in [0.2, 0.25) is 5.02 Å². The standard InChI is InChI=1S/C11H9ClFNO2/c12-9-2-1-6(13)3-8(9)10-4-7(15)5-11(16)14-10/h1-3,10H,4-5H2,(H,14,16). The molecule has 1 unspecified atom stereocenters. The molecule has 1 saturated heterocycles. The average molecular weight is 242 g/mol. The fourth-order valence-corrected chi connectivity index (χ4v) is 1.99. The lowest BCUT2D eigenvalue weighted by Crippen LogP contribution is -2.37. The van der Waals surface area contributed by atoms with E-state index in [0.717, 1.165) is 0 Å². The van der Waals surface area contributed by atoms with Crippen LogP contribution in [-0.2, 0) is 9.59 Å². The number of hydrogen-bond donors (Lipinski definition) is 1. The Labute approximate surface area is 96.6 Å². The first-order valence-electron chi connectivity index (χ1n) is 4.82. The van der Waals surface area contributed by atoms with Crippen molar-refractivity contribution in [3.63, 3.8) is 0 Å². The van der Waals surface area contributed by atoms with Gasteiger partial charge in [0.1, 0.15) is 11.6 Å². The molecular weight excluding hydrogens is 233 g/mol. The maximum atomic E-state index is 13.0. The average Bonchev–Trinajstić information content (AvgIpc) is 2.20. The molecule has 0 saturated carbocycles. The third-order valence-electron chi connectivity index (χ3n) is 2.46. The monoisotopic (exact) mass is 241 g/mol. The molecule has 3 nitrogen and oxygen atoms in total. The van der Waals surface area contributed by atoms with Gasteiger partial charge in [-0.2, -0.15) is 0 Å². The molecule has 1 aromatic rings. The molecule has 1 N–H and O–H groups in total. The molecule has 2 rings (SSSR count). The van der Waals surface area contributed by atoms with Gasteiger partial charge in [0.25, 0.3) is 0 Å². The number of benzene rings is 1. The molecule has 0 aromatic heterocycles. The number of Topliss-reactive ketones (excluding diaryl/α,β-unsaturated/α-hetero) is 1. The lowest BCUT2D eigenvalue weighted by molar-refractivity contribution is -0.132. The lowest BCUT2D eigenvalue weighted by Gasteiger charge is -2.23. The number of ketones is 1. The summed E-state index contributed by atoms with van der Waals surface area (Å²) in [6.07, 6.45) is 0.0539. The predicted octanol–water partition coefficient (Wildman–Crippen LogP) is 2.00. The van der Waals surface area contributed by atoms with E-state index >= 15 is 0 Å². The third kappa shape index (κ3) is 2.22. The highest BCUT2D eigenvalue weighted by atomic mass is 35.5. The molecule has 0 spiro atoms. The Morgan fingerprint density at radius 2 is 2.12 bits per heavy atom. The molecule has 0 bridgehead atoms. The third-order valence-corrected chi connectivity index (χ3v) is 2.80. The van der Waals surface area contributed by atoms with Gasteiger partial charge in [0.05, 0.1) is 12.5 Å². The highest BCUT2D eigenvalue weighted by molar-refractivity contribution is 6.31. The van der Waals surface area contributed by atoms with E-state index < -0.39 is 11.9 Å². The van der Waals surface area contributed by atoms with Crippen molar-refractivity contribution in [2.45, 2.75) is 18.9 Å². The van der Waals surface area contributed by atoms with Crippen LogP contribution in [0.5, 0.6) is 0 Å². The van der Waals surface area contributed by atoms with Crippen LogP contribution in [-0.4, -0.2) is 11.7 Å². The van der Waals surface area contributed by atoms with Crippen molar-refractivity contribution in [3.05, 3.63) is 34.6 Å². The number of nitrogens with one attached hydrogen (secondary N) is 1. The SMILES string of the molecule is O=C1CC(=O)NC(c2cc(F)ccc2Cl)C1. The maximum Gasteiger partial charge on any atom is 0.227 e. The molecule has 0 radical (unpaired) electrons. The summed E-state index contributed by atoms with van der Waals surface area (Å²) in [4.78, 5) is 22.4. The molecule has 1 atom stereocenters. The van der Waals surface area contributed by atoms with Gasteiger partial charge in [-0.1, -0.05) is 11.6 Å². The normalized spacial score (nSPS) is 20.8. The highest BCUT2D eigenvalue weighted by Crippen LogP contribution is 2.28. The summed E-state index contributed by atoms with van der Waals surface area (Å²) >= 11 is 5.90. The van der Waals surface area contributed by atoms with Crippen LogP contribution in [0.4, 0.5) is 4.39 Å². The Bertz CT molecular complexity index is 445. The van der Waals surface area contributed by atoms with Gasteiger partial charge in [-0.25, -0.2) is 4.39 Å². The largest absolute Gasteiger partial charge is 0.348 e. The first-order valence-corrected chi connectivity index (χ1v) is 5.20. The summed E-state index contributed by atoms with van der Waals surface area (Å²) in [5.41, 5.74) is 0.447. The van der Waals surface area contributed by atoms with Gasteiger partial charge in [-0.3, -0.25) is 9.59 Å². The van der Waals surface area contributed by atoms with Gasteiger partial charge in [0.2, 0.25) is 5.91 Å². The van der Waals surface area contributed by atoms with E-state index in [1.807, 2.05) is 0 Å². The van der Waals surface area contributed by atoms with Crippen LogP contribution in [0.25, 0.3) is 0 Å². The van der Waals surface area contributed by atoms with Crippen molar-refractivity contribution in [2.75, 3.05) is 0 Å². The van der Waals surface area contributed by atoms with E-state index in [9.17, 15) is 14.0 Å². The molecule has 84 valence electrons. The van der Waals surface area contributed by atoms with E-state index in [2.05, 4.69) is 5.32 Å². The molecule has 1 aliphatic heterocycles. The van der Waals surface area contributed by atoms with E-state index in [4.69, 9.17) is 11.6 Å². The Balaban J connectivity index is 2.32. The Morgan fingerprint density at radius 3 is 2.81 bits per heavy atom. The van der Waals surface area contributed by atoms with Gasteiger partial charge in [-0.15, -0.1) is 0 Å². The van der Waals surface area contributed by atoms with Crippen LogP contribution in [0.15, 0.2) is 18.2 Å². The quantitative estimate of drug-likeness (QED) is 0.765. The molecule has 1 aliphatic rings. The predicted molar refractivity (Wildman–Crippen MR) is 56.5 cm³/mol. The first-order chi connectivity index (χ1) is 7.56. The molecule has 1 aromatic carbocycles. The van der Waals surface area contributed by atoms with Gasteiger partial charge in [-0.05, 0) is 23.8 Å². The zero-order valence-electron chi connectivity index (χ0n) is 8.30. The Kier molecular flexibility index (Phi) is 2.92. The van der Waals surface area contributed by atoms with Gasteiger partial charge >= 0.3 is 0 Å². The lowest BCUT2D eigenvalue weighted by atomic mass is 9.96. The van der Waals surface area contributed by atoms with Crippen molar-refractivity contribution in [3.8, 4) is 0 Å². The van der Waals surface area contributed by atoms with E-state index in [1.165, 1.54) is 18.2 Å². The summed E-state index contributed by atoms with van der Waals surface area (Å²) in [7, 11) is 0. The molecular formula is C11H9ClFNO2. The minimum absolute atomic E-state index is 0.108. The minimum atomic E-state index is -0.517. The highest BCUT2D eigenvalue weighted by Gasteiger charge is 2.27. The fraction of sp³-hybridized carbons (Fsp3) is 0.273. The van der Waals surface area contributed by atoms with Crippen LogP contribution in [0.1, 0.15) is 24.4 Å². The van der Waals surface area contributed by atoms with Crippen LogP contribution in [0.3, 0.4) is 0 Å². The summed E-state index contributed by atoms with van der Waals surface area (Å²) in [6.45, 7) is 0. The number of rotatable bonds is 1. The zero-order valence-corrected chi connectivity index (χ0v) is 9.05. The minimum Gasteiger partial charge on any atom is -0.348 e. The number of halogens is 2. The summed E-state index contributed by atoms with van der Waals surface area (Å²) in [5, 5.41) is 2.97. The molecule has 1 fully saturated rings. The fourth-order valence-electron chi connectivity index (χ4n) is 1.74. The summed E-state index contributed by atoms with van der Waals surface area (Å²) < 4.78 is 13.0. The van der Waals surface area contributed by atoms with Crippen molar-refractivity contribution in [1.82, 2.24) is 5.32 Å². The second-order valence-corrected chi connectivity index (χ2v) is 4.11. The summed E-state index contributed by atoms with van der Waals surface area (Å²) in [6, 6.07) is 3.37. The van der Waals surface area contributed by atoms with Crippen LogP contribution < -0.4 is 5.32 Å². The second kappa shape index (κ2) is 4.22. The molecule has 5 heteroatoms. The molecule has 1 amide bonds. The first kappa shape index (κ1) is 11.1. The van der Waals surface area contributed by atoms with Gasteiger partial charge in [0.15, 0.2) is 0 Å². The number of hydrogen-bond acceptors (Lipinski definition) is 2.